The number of hydrogen-bond donors (Lipinski definition) is 0. The SMILES string of the molecule is FC(F)c1nnc2ccc(N3CCN(Cc4ccccc4)CC3)nn12. The fourth-order valence-electron chi connectivity index (χ4n) is 3.08. The summed E-state index contributed by atoms with van der Waals surface area (Å²) in [4.78, 5) is 4.49. The van der Waals surface area contributed by atoms with Gasteiger partial charge in [0.25, 0.3) is 6.43 Å². The van der Waals surface area contributed by atoms with Crippen molar-refractivity contribution in [3.63, 3.8) is 0 Å². The minimum atomic E-state index is -2.69. The van der Waals surface area contributed by atoms with Crippen LogP contribution >= 0.6 is 0 Å². The van der Waals surface area contributed by atoms with Gasteiger partial charge in [0.15, 0.2) is 5.65 Å². The highest BCUT2D eigenvalue weighted by atomic mass is 19.3. The first-order valence-corrected chi connectivity index (χ1v) is 8.22. The molecule has 1 fully saturated rings. The largest absolute Gasteiger partial charge is 0.353 e. The number of fused-ring (bicyclic) bond motifs is 1. The van der Waals surface area contributed by atoms with Crippen molar-refractivity contribution in [3.8, 4) is 0 Å². The van der Waals surface area contributed by atoms with E-state index in [1.54, 1.807) is 6.07 Å². The Balaban J connectivity index is 1.45. The lowest BCUT2D eigenvalue weighted by molar-refractivity contribution is 0.137. The van der Waals surface area contributed by atoms with Crippen LogP contribution in [0, 0.1) is 0 Å². The summed E-state index contributed by atoms with van der Waals surface area (Å²) in [5.41, 5.74) is 1.63. The summed E-state index contributed by atoms with van der Waals surface area (Å²) in [5, 5.41) is 11.6. The van der Waals surface area contributed by atoms with E-state index in [1.807, 2.05) is 24.3 Å². The van der Waals surface area contributed by atoms with Gasteiger partial charge in [-0.2, -0.15) is 4.52 Å². The van der Waals surface area contributed by atoms with Gasteiger partial charge in [0.05, 0.1) is 0 Å². The minimum Gasteiger partial charge on any atom is -0.353 e. The molecule has 0 bridgehead atoms. The van der Waals surface area contributed by atoms with E-state index >= 15 is 0 Å². The van der Waals surface area contributed by atoms with Gasteiger partial charge in [0.1, 0.15) is 5.82 Å². The number of piperazine rings is 1. The van der Waals surface area contributed by atoms with Crippen LogP contribution in [0.25, 0.3) is 5.65 Å². The van der Waals surface area contributed by atoms with Crippen molar-refractivity contribution in [2.75, 3.05) is 31.1 Å². The smallest absolute Gasteiger partial charge is 0.299 e. The van der Waals surface area contributed by atoms with Gasteiger partial charge in [0.2, 0.25) is 5.82 Å². The molecule has 25 heavy (non-hydrogen) atoms. The highest BCUT2D eigenvalue weighted by molar-refractivity contribution is 5.46. The molecule has 0 saturated carbocycles. The maximum absolute atomic E-state index is 13.0. The number of rotatable bonds is 4. The third kappa shape index (κ3) is 3.30. The maximum atomic E-state index is 13.0. The molecule has 1 saturated heterocycles. The van der Waals surface area contributed by atoms with Crippen molar-refractivity contribution < 1.29 is 8.78 Å². The van der Waals surface area contributed by atoms with Gasteiger partial charge < -0.3 is 4.90 Å². The molecular formula is C17H18F2N6. The van der Waals surface area contributed by atoms with Crippen LogP contribution in [-0.2, 0) is 6.54 Å². The summed E-state index contributed by atoms with van der Waals surface area (Å²) < 4.78 is 27.1. The number of nitrogens with zero attached hydrogens (tertiary/aromatic N) is 6. The molecule has 0 radical (unpaired) electrons. The van der Waals surface area contributed by atoms with Crippen LogP contribution in [-0.4, -0.2) is 50.9 Å². The van der Waals surface area contributed by atoms with Crippen LogP contribution in [0.5, 0.6) is 0 Å². The van der Waals surface area contributed by atoms with E-state index in [0.29, 0.717) is 11.5 Å². The molecule has 0 unspecified atom stereocenters. The van der Waals surface area contributed by atoms with Crippen LogP contribution < -0.4 is 4.90 Å². The third-order valence-electron chi connectivity index (χ3n) is 4.41. The minimum absolute atomic E-state index is 0.335. The zero-order valence-electron chi connectivity index (χ0n) is 13.6. The summed E-state index contributed by atoms with van der Waals surface area (Å²) in [6, 6.07) is 13.8. The Morgan fingerprint density at radius 1 is 0.920 bits per heavy atom. The number of hydrogen-bond acceptors (Lipinski definition) is 5. The van der Waals surface area contributed by atoms with Gasteiger partial charge in [-0.3, -0.25) is 4.90 Å². The summed E-state index contributed by atoms with van der Waals surface area (Å²) >= 11 is 0. The molecule has 6 nitrogen and oxygen atoms in total. The summed E-state index contributed by atoms with van der Waals surface area (Å²) in [7, 11) is 0. The van der Waals surface area contributed by atoms with E-state index in [1.165, 1.54) is 5.56 Å². The van der Waals surface area contributed by atoms with Crippen LogP contribution in [0.15, 0.2) is 42.5 Å². The highest BCUT2D eigenvalue weighted by Crippen LogP contribution is 2.20. The fraction of sp³-hybridized carbons (Fsp3) is 0.353. The number of benzene rings is 1. The number of alkyl halides is 2. The Bertz CT molecular complexity index is 843. The van der Waals surface area contributed by atoms with Crippen LogP contribution in [0.4, 0.5) is 14.6 Å². The van der Waals surface area contributed by atoms with E-state index in [2.05, 4.69) is 37.2 Å². The van der Waals surface area contributed by atoms with E-state index in [9.17, 15) is 8.78 Å². The number of halogens is 2. The predicted molar refractivity (Wildman–Crippen MR) is 89.7 cm³/mol. The molecule has 130 valence electrons. The monoisotopic (exact) mass is 344 g/mol. The van der Waals surface area contributed by atoms with Crippen molar-refractivity contribution in [3.05, 3.63) is 53.9 Å². The zero-order chi connectivity index (χ0) is 17.2. The summed E-state index contributed by atoms with van der Waals surface area (Å²) in [6.07, 6.45) is -2.69. The topological polar surface area (TPSA) is 49.6 Å². The number of anilines is 1. The van der Waals surface area contributed by atoms with Crippen molar-refractivity contribution >= 4 is 11.5 Å². The molecule has 4 rings (SSSR count). The first-order chi connectivity index (χ1) is 12.2. The molecule has 2 aromatic heterocycles. The molecule has 0 N–H and O–H groups in total. The lowest BCUT2D eigenvalue weighted by atomic mass is 10.2. The molecule has 1 aliphatic rings. The first-order valence-electron chi connectivity index (χ1n) is 8.22. The van der Waals surface area contributed by atoms with Crippen molar-refractivity contribution in [1.29, 1.82) is 0 Å². The normalized spacial score (nSPS) is 16.0. The molecule has 0 spiro atoms. The van der Waals surface area contributed by atoms with Gasteiger partial charge in [-0.25, -0.2) is 8.78 Å². The second kappa shape index (κ2) is 6.72. The Kier molecular flexibility index (Phi) is 4.27. The lowest BCUT2D eigenvalue weighted by Gasteiger charge is -2.35. The van der Waals surface area contributed by atoms with E-state index in [0.717, 1.165) is 37.2 Å². The molecule has 8 heteroatoms. The maximum Gasteiger partial charge on any atom is 0.299 e. The van der Waals surface area contributed by atoms with Gasteiger partial charge in [-0.05, 0) is 17.7 Å². The zero-order valence-corrected chi connectivity index (χ0v) is 13.6. The quantitative estimate of drug-likeness (QED) is 0.727. The Hall–Kier alpha value is -2.61. The second-order valence-corrected chi connectivity index (χ2v) is 6.07. The summed E-state index contributed by atoms with van der Waals surface area (Å²) in [5.74, 6) is 0.258. The van der Waals surface area contributed by atoms with Crippen molar-refractivity contribution in [1.82, 2.24) is 24.7 Å². The molecule has 3 aromatic rings. The molecule has 1 aliphatic heterocycles. The van der Waals surface area contributed by atoms with Crippen molar-refractivity contribution in [2.24, 2.45) is 0 Å². The molecular weight excluding hydrogens is 326 g/mol. The van der Waals surface area contributed by atoms with E-state index in [4.69, 9.17) is 0 Å². The van der Waals surface area contributed by atoms with E-state index in [-0.39, 0.29) is 0 Å². The second-order valence-electron chi connectivity index (χ2n) is 6.07. The Morgan fingerprint density at radius 2 is 1.68 bits per heavy atom. The molecule has 0 amide bonds. The average molecular weight is 344 g/mol. The molecule has 0 atom stereocenters. The number of aromatic nitrogens is 4. The standard InChI is InChI=1S/C17H18F2N6/c18-16(19)17-21-20-14-6-7-15(22-25(14)17)24-10-8-23(9-11-24)12-13-4-2-1-3-5-13/h1-7,16H,8-12H2. The van der Waals surface area contributed by atoms with Gasteiger partial charge >= 0.3 is 0 Å². The van der Waals surface area contributed by atoms with Crippen LogP contribution in [0.1, 0.15) is 17.8 Å². The highest BCUT2D eigenvalue weighted by Gasteiger charge is 2.21. The lowest BCUT2D eigenvalue weighted by Crippen LogP contribution is -2.46. The molecule has 0 aliphatic carbocycles. The van der Waals surface area contributed by atoms with Crippen LogP contribution in [0.2, 0.25) is 0 Å². The molecule has 1 aromatic carbocycles. The summed E-state index contributed by atoms with van der Waals surface area (Å²) in [6.45, 7) is 4.33. The Labute approximate surface area is 143 Å². The average Bonchev–Trinajstić information content (AvgIpc) is 3.07. The van der Waals surface area contributed by atoms with Gasteiger partial charge in [-0.1, -0.05) is 30.3 Å². The van der Waals surface area contributed by atoms with E-state index < -0.39 is 12.2 Å². The van der Waals surface area contributed by atoms with Gasteiger partial charge in [0, 0.05) is 32.7 Å². The van der Waals surface area contributed by atoms with Crippen molar-refractivity contribution in [2.45, 2.75) is 13.0 Å². The first kappa shape index (κ1) is 15.9. The van der Waals surface area contributed by atoms with Gasteiger partial charge in [-0.15, -0.1) is 15.3 Å². The molecule has 3 heterocycles. The Morgan fingerprint density at radius 3 is 2.40 bits per heavy atom. The predicted octanol–water partition coefficient (Wildman–Crippen LogP) is 2.38. The fourth-order valence-corrected chi connectivity index (χ4v) is 3.08. The third-order valence-corrected chi connectivity index (χ3v) is 4.41. The van der Waals surface area contributed by atoms with Crippen LogP contribution in [0.3, 0.4) is 0 Å².